The Morgan fingerprint density at radius 1 is 1.50 bits per heavy atom. The van der Waals surface area contributed by atoms with E-state index in [1.165, 1.54) is 0 Å². The van der Waals surface area contributed by atoms with Crippen LogP contribution in [0.3, 0.4) is 0 Å². The summed E-state index contributed by atoms with van der Waals surface area (Å²) in [7, 11) is 0. The lowest BCUT2D eigenvalue weighted by molar-refractivity contribution is 0.361. The lowest BCUT2D eigenvalue weighted by Crippen LogP contribution is -2.04. The van der Waals surface area contributed by atoms with Crippen LogP contribution in [0.15, 0.2) is 0 Å². The van der Waals surface area contributed by atoms with Crippen LogP contribution in [0.1, 0.15) is 19.8 Å². The number of nitrogens with two attached hydrogens (primary N) is 1. The normalized spacial score (nSPS) is 35.2. The Hall–Kier alpha value is -0.0800. The van der Waals surface area contributed by atoms with Crippen molar-refractivity contribution in [1.82, 2.24) is 0 Å². The molecule has 2 heteroatoms. The zero-order valence-corrected chi connectivity index (χ0v) is 5.26. The number of hydrogen-bond donors (Lipinski definition) is 1. The van der Waals surface area contributed by atoms with Gasteiger partial charge in [-0.3, -0.25) is 0 Å². The topological polar surface area (TPSA) is 38.5 Å². The first-order valence-electron chi connectivity index (χ1n) is 3.24. The Labute approximate surface area is 50.0 Å². The third-order valence-electron chi connectivity index (χ3n) is 1.54. The average Bonchev–Trinajstić information content (AvgIpc) is 2.48. The fraction of sp³-hybridized carbons (Fsp3) is 1.00. The third-order valence-corrected chi connectivity index (χ3v) is 1.54. The van der Waals surface area contributed by atoms with Gasteiger partial charge in [-0.15, -0.1) is 0 Å². The highest BCUT2D eigenvalue weighted by molar-refractivity contribution is 4.82. The van der Waals surface area contributed by atoms with Gasteiger partial charge in [0.2, 0.25) is 0 Å². The Morgan fingerprint density at radius 3 is 2.62 bits per heavy atom. The minimum Gasteiger partial charge on any atom is -0.370 e. The predicted molar refractivity (Wildman–Crippen MR) is 32.6 cm³/mol. The molecule has 0 radical (unpaired) electrons. The van der Waals surface area contributed by atoms with Crippen LogP contribution in [0.5, 0.6) is 0 Å². The van der Waals surface area contributed by atoms with Crippen molar-refractivity contribution in [2.75, 3.05) is 6.54 Å². The molecule has 0 spiro atoms. The van der Waals surface area contributed by atoms with Gasteiger partial charge in [0, 0.05) is 0 Å². The molecule has 0 bridgehead atoms. The van der Waals surface area contributed by atoms with E-state index in [-0.39, 0.29) is 0 Å². The second-order valence-electron chi connectivity index (χ2n) is 2.20. The van der Waals surface area contributed by atoms with E-state index in [4.69, 9.17) is 10.5 Å². The first kappa shape index (κ1) is 6.05. The van der Waals surface area contributed by atoms with Crippen molar-refractivity contribution in [1.29, 1.82) is 0 Å². The number of ether oxygens (including phenoxy) is 1. The van der Waals surface area contributed by atoms with Gasteiger partial charge in [-0.2, -0.15) is 0 Å². The van der Waals surface area contributed by atoms with E-state index in [9.17, 15) is 0 Å². The highest BCUT2D eigenvalue weighted by Gasteiger charge is 2.35. The molecule has 2 atom stereocenters. The van der Waals surface area contributed by atoms with Crippen molar-refractivity contribution in [3.05, 3.63) is 0 Å². The predicted octanol–water partition coefficient (Wildman–Crippen LogP) is 0.513. The first-order chi connectivity index (χ1) is 3.88. The SMILES string of the molecule is CC[C@@H]1O[C@@H]1CCN. The maximum atomic E-state index is 5.31. The largest absolute Gasteiger partial charge is 0.370 e. The summed E-state index contributed by atoms with van der Waals surface area (Å²) in [6, 6.07) is 0. The molecule has 0 unspecified atom stereocenters. The molecule has 0 aromatic carbocycles. The summed E-state index contributed by atoms with van der Waals surface area (Å²) in [4.78, 5) is 0. The summed E-state index contributed by atoms with van der Waals surface area (Å²) in [5.74, 6) is 0. The van der Waals surface area contributed by atoms with Gasteiger partial charge >= 0.3 is 0 Å². The monoisotopic (exact) mass is 115 g/mol. The van der Waals surface area contributed by atoms with Crippen molar-refractivity contribution in [3.63, 3.8) is 0 Å². The lowest BCUT2D eigenvalue weighted by Gasteiger charge is -1.84. The fourth-order valence-corrected chi connectivity index (χ4v) is 0.956. The van der Waals surface area contributed by atoms with E-state index in [1.807, 2.05) is 0 Å². The quantitative estimate of drug-likeness (QED) is 0.544. The molecule has 1 aliphatic heterocycles. The Bertz CT molecular complexity index is 74.9. The molecule has 0 aliphatic carbocycles. The first-order valence-corrected chi connectivity index (χ1v) is 3.24. The van der Waals surface area contributed by atoms with Crippen molar-refractivity contribution in [2.45, 2.75) is 32.0 Å². The smallest absolute Gasteiger partial charge is 0.0853 e. The molecule has 1 aliphatic rings. The maximum Gasteiger partial charge on any atom is 0.0853 e. The number of epoxide rings is 1. The summed E-state index contributed by atoms with van der Waals surface area (Å²) >= 11 is 0. The highest BCUT2D eigenvalue weighted by Crippen LogP contribution is 2.26. The van der Waals surface area contributed by atoms with Gasteiger partial charge in [0.25, 0.3) is 0 Å². The molecular formula is C6H13NO. The number of hydrogen-bond acceptors (Lipinski definition) is 2. The zero-order chi connectivity index (χ0) is 5.98. The molecule has 2 nitrogen and oxygen atoms in total. The summed E-state index contributed by atoms with van der Waals surface area (Å²) in [6.45, 7) is 2.91. The van der Waals surface area contributed by atoms with Gasteiger partial charge in [-0.05, 0) is 19.4 Å². The van der Waals surface area contributed by atoms with Gasteiger partial charge in [-0.25, -0.2) is 0 Å². The van der Waals surface area contributed by atoms with Gasteiger partial charge in [-0.1, -0.05) is 6.92 Å². The van der Waals surface area contributed by atoms with E-state index in [2.05, 4.69) is 6.92 Å². The van der Waals surface area contributed by atoms with E-state index >= 15 is 0 Å². The summed E-state index contributed by atoms with van der Waals surface area (Å²) < 4.78 is 5.23. The molecule has 0 amide bonds. The highest BCUT2D eigenvalue weighted by atomic mass is 16.6. The molecule has 1 fully saturated rings. The second kappa shape index (κ2) is 2.46. The third kappa shape index (κ3) is 1.20. The molecule has 0 saturated carbocycles. The molecule has 48 valence electrons. The van der Waals surface area contributed by atoms with E-state index in [0.29, 0.717) is 12.2 Å². The zero-order valence-electron chi connectivity index (χ0n) is 5.26. The Kier molecular flexibility index (Phi) is 1.86. The molecule has 0 aromatic rings. The lowest BCUT2D eigenvalue weighted by atomic mass is 10.2. The van der Waals surface area contributed by atoms with Crippen LogP contribution in [-0.4, -0.2) is 18.8 Å². The van der Waals surface area contributed by atoms with Crippen molar-refractivity contribution in [2.24, 2.45) is 5.73 Å². The van der Waals surface area contributed by atoms with E-state index in [0.717, 1.165) is 19.4 Å². The molecule has 1 heterocycles. The van der Waals surface area contributed by atoms with Gasteiger partial charge in [0.05, 0.1) is 12.2 Å². The maximum absolute atomic E-state index is 5.31. The van der Waals surface area contributed by atoms with Gasteiger partial charge in [0.15, 0.2) is 0 Å². The van der Waals surface area contributed by atoms with Crippen molar-refractivity contribution < 1.29 is 4.74 Å². The molecule has 2 N–H and O–H groups in total. The molecule has 8 heavy (non-hydrogen) atoms. The number of rotatable bonds is 3. The van der Waals surface area contributed by atoms with Crippen molar-refractivity contribution in [3.8, 4) is 0 Å². The van der Waals surface area contributed by atoms with Gasteiger partial charge < -0.3 is 10.5 Å². The van der Waals surface area contributed by atoms with Crippen LogP contribution in [0.2, 0.25) is 0 Å². The summed E-state index contributed by atoms with van der Waals surface area (Å²) in [6.07, 6.45) is 3.23. The second-order valence-corrected chi connectivity index (χ2v) is 2.20. The average molecular weight is 115 g/mol. The van der Waals surface area contributed by atoms with E-state index < -0.39 is 0 Å². The van der Waals surface area contributed by atoms with Crippen molar-refractivity contribution >= 4 is 0 Å². The Balaban J connectivity index is 1.99. The summed E-state index contributed by atoms with van der Waals surface area (Å²) in [5, 5.41) is 0. The van der Waals surface area contributed by atoms with Crippen LogP contribution in [0, 0.1) is 0 Å². The minimum absolute atomic E-state index is 0.505. The standard InChI is InChI=1S/C6H13NO/c1-2-5-6(8-5)3-4-7/h5-6H,2-4,7H2,1H3/t5-,6+/m0/s1. The molecule has 1 saturated heterocycles. The van der Waals surface area contributed by atoms with Crippen LogP contribution in [0.4, 0.5) is 0 Å². The molecule has 0 aromatic heterocycles. The van der Waals surface area contributed by atoms with Crippen LogP contribution >= 0.6 is 0 Å². The van der Waals surface area contributed by atoms with Crippen LogP contribution in [-0.2, 0) is 4.74 Å². The van der Waals surface area contributed by atoms with Gasteiger partial charge in [0.1, 0.15) is 0 Å². The molecule has 1 rings (SSSR count). The fourth-order valence-electron chi connectivity index (χ4n) is 0.956. The van der Waals surface area contributed by atoms with E-state index in [1.54, 1.807) is 0 Å². The summed E-state index contributed by atoms with van der Waals surface area (Å²) in [5.41, 5.74) is 5.31. The van der Waals surface area contributed by atoms with Crippen LogP contribution < -0.4 is 5.73 Å². The minimum atomic E-state index is 0.505. The molecular weight excluding hydrogens is 102 g/mol. The van der Waals surface area contributed by atoms with Crippen LogP contribution in [0.25, 0.3) is 0 Å². The Morgan fingerprint density at radius 2 is 2.25 bits per heavy atom.